The fourth-order valence-electron chi connectivity index (χ4n) is 3.39. The topological polar surface area (TPSA) is 93.7 Å². The summed E-state index contributed by atoms with van der Waals surface area (Å²) in [6, 6.07) is 16.6. The standard InChI is InChI=1S/C25H28N2O5S/c1-16-9-12-20(13-10-16)33(29,30)27-22-8-6-7-21(17(22)2)25(28)26-18(3)19-11-14-23(31-4)24(15-19)32-5/h6-15,18,27H,1-5H3,(H,26,28)/t18-/m0/s1. The van der Waals surface area contributed by atoms with Crippen molar-refractivity contribution < 1.29 is 22.7 Å². The Morgan fingerprint density at radius 1 is 0.909 bits per heavy atom. The van der Waals surface area contributed by atoms with Crippen LogP contribution >= 0.6 is 0 Å². The Hall–Kier alpha value is -3.52. The van der Waals surface area contributed by atoms with Gasteiger partial charge in [-0.25, -0.2) is 8.42 Å². The van der Waals surface area contributed by atoms with Crippen molar-refractivity contribution in [2.24, 2.45) is 0 Å². The molecule has 0 spiro atoms. The molecule has 8 heteroatoms. The molecule has 0 aliphatic carbocycles. The van der Waals surface area contributed by atoms with Crippen molar-refractivity contribution in [2.45, 2.75) is 31.7 Å². The Labute approximate surface area is 194 Å². The average molecular weight is 469 g/mol. The minimum Gasteiger partial charge on any atom is -0.493 e. The molecule has 3 rings (SSSR count). The quantitative estimate of drug-likeness (QED) is 0.503. The second-order valence-electron chi connectivity index (χ2n) is 7.71. The van der Waals surface area contributed by atoms with E-state index in [0.29, 0.717) is 28.3 Å². The maximum atomic E-state index is 13.0. The lowest BCUT2D eigenvalue weighted by Gasteiger charge is -2.18. The number of ether oxygens (including phenoxy) is 2. The van der Waals surface area contributed by atoms with E-state index < -0.39 is 10.0 Å². The van der Waals surface area contributed by atoms with Crippen LogP contribution in [0.1, 0.15) is 40.0 Å². The Balaban J connectivity index is 1.81. The van der Waals surface area contributed by atoms with Gasteiger partial charge in [0, 0.05) is 5.56 Å². The molecule has 33 heavy (non-hydrogen) atoms. The zero-order chi connectivity index (χ0) is 24.2. The highest BCUT2D eigenvalue weighted by atomic mass is 32.2. The smallest absolute Gasteiger partial charge is 0.261 e. The molecule has 3 aromatic carbocycles. The molecule has 0 bridgehead atoms. The van der Waals surface area contributed by atoms with Crippen LogP contribution < -0.4 is 19.5 Å². The van der Waals surface area contributed by atoms with Crippen LogP contribution in [-0.4, -0.2) is 28.5 Å². The first kappa shape index (κ1) is 24.1. The molecule has 0 aromatic heterocycles. The Kier molecular flexibility index (Phi) is 7.28. The summed E-state index contributed by atoms with van der Waals surface area (Å²) in [6.07, 6.45) is 0. The number of hydrogen-bond donors (Lipinski definition) is 2. The van der Waals surface area contributed by atoms with E-state index in [9.17, 15) is 13.2 Å². The van der Waals surface area contributed by atoms with Crippen molar-refractivity contribution in [3.8, 4) is 11.5 Å². The molecule has 0 saturated heterocycles. The van der Waals surface area contributed by atoms with Gasteiger partial charge < -0.3 is 14.8 Å². The third-order valence-corrected chi connectivity index (χ3v) is 6.79. The lowest BCUT2D eigenvalue weighted by atomic mass is 10.0. The predicted molar refractivity (Wildman–Crippen MR) is 129 cm³/mol. The molecule has 0 aliphatic heterocycles. The predicted octanol–water partition coefficient (Wildman–Crippen LogP) is 4.61. The van der Waals surface area contributed by atoms with E-state index in [2.05, 4.69) is 10.0 Å². The van der Waals surface area contributed by atoms with Gasteiger partial charge in [0.15, 0.2) is 11.5 Å². The molecule has 0 unspecified atom stereocenters. The van der Waals surface area contributed by atoms with Crippen LogP contribution in [0.5, 0.6) is 11.5 Å². The van der Waals surface area contributed by atoms with Crippen LogP contribution in [0.2, 0.25) is 0 Å². The molecule has 174 valence electrons. The maximum absolute atomic E-state index is 13.0. The number of aryl methyl sites for hydroxylation is 1. The highest BCUT2D eigenvalue weighted by Gasteiger charge is 2.19. The second-order valence-corrected chi connectivity index (χ2v) is 9.39. The summed E-state index contributed by atoms with van der Waals surface area (Å²) in [7, 11) is -0.669. The van der Waals surface area contributed by atoms with Gasteiger partial charge in [0.25, 0.3) is 15.9 Å². The van der Waals surface area contributed by atoms with E-state index >= 15 is 0 Å². The molecule has 0 fully saturated rings. The fraction of sp³-hybridized carbons (Fsp3) is 0.240. The van der Waals surface area contributed by atoms with E-state index in [4.69, 9.17) is 9.47 Å². The number of methoxy groups -OCH3 is 2. The SMILES string of the molecule is COc1ccc([C@H](C)NC(=O)c2cccc(NS(=O)(=O)c3ccc(C)cc3)c2C)cc1OC. The molecule has 0 saturated carbocycles. The van der Waals surface area contributed by atoms with Crippen molar-refractivity contribution in [1.29, 1.82) is 0 Å². The number of amides is 1. The van der Waals surface area contributed by atoms with Crippen LogP contribution in [0.4, 0.5) is 5.69 Å². The molecular formula is C25H28N2O5S. The lowest BCUT2D eigenvalue weighted by Crippen LogP contribution is -2.27. The van der Waals surface area contributed by atoms with Crippen molar-refractivity contribution in [3.63, 3.8) is 0 Å². The van der Waals surface area contributed by atoms with E-state index in [1.54, 1.807) is 69.7 Å². The van der Waals surface area contributed by atoms with Gasteiger partial charge in [-0.05, 0) is 68.3 Å². The summed E-state index contributed by atoms with van der Waals surface area (Å²) in [5.41, 5.74) is 3.07. The number of hydrogen-bond acceptors (Lipinski definition) is 5. The van der Waals surface area contributed by atoms with Gasteiger partial charge in [-0.15, -0.1) is 0 Å². The fourth-order valence-corrected chi connectivity index (χ4v) is 4.52. The number of rotatable bonds is 8. The Morgan fingerprint density at radius 2 is 1.58 bits per heavy atom. The molecule has 0 radical (unpaired) electrons. The van der Waals surface area contributed by atoms with Crippen LogP contribution in [-0.2, 0) is 10.0 Å². The van der Waals surface area contributed by atoms with E-state index in [0.717, 1.165) is 11.1 Å². The van der Waals surface area contributed by atoms with Gasteiger partial charge in [-0.2, -0.15) is 0 Å². The first-order valence-corrected chi connectivity index (χ1v) is 11.9. The van der Waals surface area contributed by atoms with Gasteiger partial charge >= 0.3 is 0 Å². The van der Waals surface area contributed by atoms with Crippen LogP contribution in [0.15, 0.2) is 65.6 Å². The number of sulfonamides is 1. The first-order chi connectivity index (χ1) is 15.7. The molecule has 1 amide bonds. The number of nitrogens with one attached hydrogen (secondary N) is 2. The average Bonchev–Trinajstić information content (AvgIpc) is 2.80. The van der Waals surface area contributed by atoms with Gasteiger partial charge in [0.2, 0.25) is 0 Å². The first-order valence-electron chi connectivity index (χ1n) is 10.4. The molecule has 7 nitrogen and oxygen atoms in total. The van der Waals surface area contributed by atoms with Crippen LogP contribution in [0, 0.1) is 13.8 Å². The second kappa shape index (κ2) is 9.95. The zero-order valence-electron chi connectivity index (χ0n) is 19.3. The van der Waals surface area contributed by atoms with Gasteiger partial charge in [-0.3, -0.25) is 9.52 Å². The summed E-state index contributed by atoms with van der Waals surface area (Å²) >= 11 is 0. The minimum atomic E-state index is -3.78. The molecule has 1 atom stereocenters. The van der Waals surface area contributed by atoms with Gasteiger partial charge in [-0.1, -0.05) is 29.8 Å². The summed E-state index contributed by atoms with van der Waals surface area (Å²) < 4.78 is 38.8. The van der Waals surface area contributed by atoms with Gasteiger partial charge in [0.05, 0.1) is 30.8 Å². The number of carbonyl (C=O) groups is 1. The van der Waals surface area contributed by atoms with E-state index in [1.807, 2.05) is 26.0 Å². The minimum absolute atomic E-state index is 0.157. The summed E-state index contributed by atoms with van der Waals surface area (Å²) in [5, 5.41) is 2.96. The Bertz CT molecular complexity index is 1250. The van der Waals surface area contributed by atoms with Gasteiger partial charge in [0.1, 0.15) is 0 Å². The molecule has 2 N–H and O–H groups in total. The summed E-state index contributed by atoms with van der Waals surface area (Å²) in [6.45, 7) is 5.46. The van der Waals surface area contributed by atoms with Crippen LogP contribution in [0.3, 0.4) is 0 Å². The monoisotopic (exact) mass is 468 g/mol. The molecule has 0 aliphatic rings. The third-order valence-electron chi connectivity index (χ3n) is 5.41. The highest BCUT2D eigenvalue weighted by molar-refractivity contribution is 7.92. The third kappa shape index (κ3) is 5.46. The maximum Gasteiger partial charge on any atom is 0.261 e. The van der Waals surface area contributed by atoms with Crippen molar-refractivity contribution in [1.82, 2.24) is 5.32 Å². The Morgan fingerprint density at radius 3 is 2.21 bits per heavy atom. The number of carbonyl (C=O) groups excluding carboxylic acids is 1. The highest BCUT2D eigenvalue weighted by Crippen LogP contribution is 2.30. The summed E-state index contributed by atoms with van der Waals surface area (Å²) in [5.74, 6) is 0.857. The summed E-state index contributed by atoms with van der Waals surface area (Å²) in [4.78, 5) is 13.2. The molecule has 3 aromatic rings. The zero-order valence-corrected chi connectivity index (χ0v) is 20.1. The molecule has 0 heterocycles. The van der Waals surface area contributed by atoms with Crippen molar-refractivity contribution in [2.75, 3.05) is 18.9 Å². The number of benzene rings is 3. The normalized spacial score (nSPS) is 12.0. The van der Waals surface area contributed by atoms with E-state index in [-0.39, 0.29) is 16.8 Å². The largest absolute Gasteiger partial charge is 0.493 e. The number of anilines is 1. The molecular weight excluding hydrogens is 440 g/mol. The van der Waals surface area contributed by atoms with Crippen molar-refractivity contribution >= 4 is 21.6 Å². The van der Waals surface area contributed by atoms with Crippen molar-refractivity contribution in [3.05, 3.63) is 82.9 Å². The lowest BCUT2D eigenvalue weighted by molar-refractivity contribution is 0.0939. The van der Waals surface area contributed by atoms with Crippen LogP contribution in [0.25, 0.3) is 0 Å². The van der Waals surface area contributed by atoms with E-state index in [1.165, 1.54) is 0 Å².